The molecule has 1 heterocycles. The van der Waals surface area contributed by atoms with Gasteiger partial charge >= 0.3 is 12.1 Å². The molecule has 0 aliphatic carbocycles. The summed E-state index contributed by atoms with van der Waals surface area (Å²) in [5, 5.41) is 8.69. The van der Waals surface area contributed by atoms with Gasteiger partial charge in [0.1, 0.15) is 17.1 Å². The Balaban J connectivity index is 2.64. The van der Waals surface area contributed by atoms with Crippen molar-refractivity contribution < 1.29 is 32.2 Å². The second kappa shape index (κ2) is 4.01. The lowest BCUT2D eigenvalue weighted by Crippen LogP contribution is -2.41. The number of benzene rings is 1. The summed E-state index contributed by atoms with van der Waals surface area (Å²) in [6, 6.07) is 5.03. The van der Waals surface area contributed by atoms with Crippen LogP contribution >= 0.6 is 0 Å². The average Bonchev–Trinajstić information content (AvgIpc) is 2.27. The molecule has 0 saturated heterocycles. The Hall–Kier alpha value is -2.05. The molecule has 2 rings (SSSR count). The number of carboxylic acids is 1. The predicted molar refractivity (Wildman–Crippen MR) is 52.6 cm³/mol. The van der Waals surface area contributed by atoms with Gasteiger partial charge in [-0.3, -0.25) is 0 Å². The quantitative estimate of drug-likeness (QED) is 0.791. The number of carbonyl (C=O) groups is 1. The number of hydrogen-bond donors (Lipinski definition) is 1. The van der Waals surface area contributed by atoms with Crippen molar-refractivity contribution in [1.29, 1.82) is 0 Å². The topological polar surface area (TPSA) is 46.5 Å². The van der Waals surface area contributed by atoms with Crippen molar-refractivity contribution in [3.05, 3.63) is 35.4 Å². The van der Waals surface area contributed by atoms with Crippen LogP contribution in [0, 0.1) is 0 Å². The van der Waals surface area contributed by atoms with Gasteiger partial charge in [0.05, 0.1) is 5.56 Å². The number of para-hydroxylation sites is 1. The fourth-order valence-electron chi connectivity index (χ4n) is 1.63. The van der Waals surface area contributed by atoms with Crippen molar-refractivity contribution in [2.24, 2.45) is 0 Å². The summed E-state index contributed by atoms with van der Waals surface area (Å²) in [5.74, 6) is -3.75. The number of fused-ring (bicyclic) bond motifs is 1. The van der Waals surface area contributed by atoms with E-state index in [4.69, 9.17) is 5.11 Å². The van der Waals surface area contributed by atoms with E-state index in [1.54, 1.807) is 0 Å². The fourth-order valence-corrected chi connectivity index (χ4v) is 1.63. The van der Waals surface area contributed by atoms with Gasteiger partial charge in [-0.05, 0) is 12.1 Å². The monoisotopic (exact) mass is 262 g/mol. The van der Waals surface area contributed by atoms with Crippen molar-refractivity contribution in [2.45, 2.75) is 12.3 Å². The van der Waals surface area contributed by atoms with Gasteiger partial charge in [0.2, 0.25) is 6.10 Å². The summed E-state index contributed by atoms with van der Waals surface area (Å²) in [5.41, 5.74) is -1.73. The standard InChI is InChI=1S/C11H6F4O3/c12-8-5-3-1-2-4-6(5)18-9(11(13,14)15)7(8)10(16)17/h1-4,9H,(H,16,17). The molecule has 0 fully saturated rings. The number of rotatable bonds is 1. The van der Waals surface area contributed by atoms with Crippen molar-refractivity contribution >= 4 is 11.8 Å². The number of alkyl halides is 3. The third-order valence-electron chi connectivity index (χ3n) is 2.39. The second-order valence-electron chi connectivity index (χ2n) is 3.57. The molecular formula is C11H6F4O3. The zero-order valence-corrected chi connectivity index (χ0v) is 8.66. The lowest BCUT2D eigenvalue weighted by molar-refractivity contribution is -0.187. The molecule has 96 valence electrons. The maximum Gasteiger partial charge on any atom is 0.430 e. The molecule has 18 heavy (non-hydrogen) atoms. The average molecular weight is 262 g/mol. The fraction of sp³-hybridized carbons (Fsp3) is 0.182. The summed E-state index contributed by atoms with van der Waals surface area (Å²) in [7, 11) is 0. The van der Waals surface area contributed by atoms with E-state index in [2.05, 4.69) is 4.74 Å². The highest BCUT2D eigenvalue weighted by molar-refractivity contribution is 5.97. The van der Waals surface area contributed by atoms with Gasteiger partial charge in [-0.25, -0.2) is 9.18 Å². The minimum Gasteiger partial charge on any atom is -0.478 e. The minimum atomic E-state index is -5.00. The molecule has 3 nitrogen and oxygen atoms in total. The molecule has 1 aromatic carbocycles. The van der Waals surface area contributed by atoms with Gasteiger partial charge in [-0.2, -0.15) is 13.2 Å². The van der Waals surface area contributed by atoms with Crippen LogP contribution in [0.15, 0.2) is 29.8 Å². The number of ether oxygens (including phenoxy) is 1. The predicted octanol–water partition coefficient (Wildman–Crippen LogP) is 2.78. The molecular weight excluding hydrogens is 256 g/mol. The van der Waals surface area contributed by atoms with Crippen molar-refractivity contribution in [2.75, 3.05) is 0 Å². The van der Waals surface area contributed by atoms with Gasteiger partial charge in [-0.15, -0.1) is 0 Å². The Morgan fingerprint density at radius 1 is 1.28 bits per heavy atom. The van der Waals surface area contributed by atoms with Crippen LogP contribution in [0.25, 0.3) is 5.83 Å². The molecule has 0 spiro atoms. The number of hydrogen-bond acceptors (Lipinski definition) is 2. The Bertz CT molecular complexity index is 533. The van der Waals surface area contributed by atoms with Gasteiger partial charge in [0.15, 0.2) is 0 Å². The Labute approximate surface area is 98.3 Å². The molecule has 1 N–H and O–H groups in total. The van der Waals surface area contributed by atoms with E-state index in [1.165, 1.54) is 12.1 Å². The summed E-state index contributed by atoms with van der Waals surface area (Å²) in [6.07, 6.45) is -7.80. The zero-order valence-electron chi connectivity index (χ0n) is 8.66. The molecule has 1 aromatic rings. The first-order valence-electron chi connectivity index (χ1n) is 4.78. The Morgan fingerprint density at radius 3 is 2.44 bits per heavy atom. The van der Waals surface area contributed by atoms with Gasteiger partial charge in [0.25, 0.3) is 0 Å². The van der Waals surface area contributed by atoms with E-state index in [0.717, 1.165) is 12.1 Å². The zero-order chi connectivity index (χ0) is 13.5. The highest BCUT2D eigenvalue weighted by Crippen LogP contribution is 2.41. The normalized spacial score (nSPS) is 19.2. The number of aliphatic carboxylic acids is 1. The molecule has 0 amide bonds. The van der Waals surface area contributed by atoms with E-state index in [9.17, 15) is 22.4 Å². The molecule has 1 aliphatic rings. The van der Waals surface area contributed by atoms with Crippen LogP contribution in [0.4, 0.5) is 17.6 Å². The SMILES string of the molecule is O=C(O)C1=C(F)c2ccccc2OC1C(F)(F)F. The third-order valence-corrected chi connectivity index (χ3v) is 2.39. The Kier molecular flexibility index (Phi) is 2.76. The van der Waals surface area contributed by atoms with Crippen molar-refractivity contribution in [3.63, 3.8) is 0 Å². The van der Waals surface area contributed by atoms with Crippen molar-refractivity contribution in [3.8, 4) is 5.75 Å². The van der Waals surface area contributed by atoms with E-state index >= 15 is 0 Å². The smallest absolute Gasteiger partial charge is 0.430 e. The van der Waals surface area contributed by atoms with Crippen LogP contribution in [0.2, 0.25) is 0 Å². The van der Waals surface area contributed by atoms with Crippen LogP contribution in [-0.2, 0) is 4.79 Å². The summed E-state index contributed by atoms with van der Waals surface area (Å²) < 4.78 is 56.2. The van der Waals surface area contributed by atoms with Crippen molar-refractivity contribution in [1.82, 2.24) is 0 Å². The van der Waals surface area contributed by atoms with Crippen LogP contribution in [-0.4, -0.2) is 23.4 Å². The third kappa shape index (κ3) is 1.92. The molecule has 1 aliphatic heterocycles. The van der Waals surface area contributed by atoms with E-state index in [1.807, 2.05) is 0 Å². The van der Waals surface area contributed by atoms with Gasteiger partial charge in [0, 0.05) is 0 Å². The lowest BCUT2D eigenvalue weighted by atomic mass is 10.00. The maximum atomic E-state index is 13.8. The second-order valence-corrected chi connectivity index (χ2v) is 3.57. The summed E-state index contributed by atoms with van der Waals surface area (Å²) >= 11 is 0. The van der Waals surface area contributed by atoms with Gasteiger partial charge in [-0.1, -0.05) is 12.1 Å². The molecule has 0 bridgehead atoms. The summed E-state index contributed by atoms with van der Waals surface area (Å²) in [6.45, 7) is 0. The van der Waals surface area contributed by atoms with Crippen LogP contribution in [0.1, 0.15) is 5.56 Å². The first kappa shape index (κ1) is 12.4. The minimum absolute atomic E-state index is 0.296. The number of halogens is 4. The highest BCUT2D eigenvalue weighted by Gasteiger charge is 2.50. The molecule has 0 saturated carbocycles. The van der Waals surface area contributed by atoms with E-state index in [-0.39, 0.29) is 11.3 Å². The molecule has 0 radical (unpaired) electrons. The largest absolute Gasteiger partial charge is 0.478 e. The first-order chi connectivity index (χ1) is 8.32. The van der Waals surface area contributed by atoms with Crippen LogP contribution in [0.3, 0.4) is 0 Å². The maximum absolute atomic E-state index is 13.8. The number of carboxylic acid groups (broad SMARTS) is 1. The molecule has 0 aromatic heterocycles. The van der Waals surface area contributed by atoms with Crippen LogP contribution in [0.5, 0.6) is 5.75 Å². The lowest BCUT2D eigenvalue weighted by Gasteiger charge is -2.27. The first-order valence-corrected chi connectivity index (χ1v) is 4.78. The highest BCUT2D eigenvalue weighted by atomic mass is 19.4. The van der Waals surface area contributed by atoms with Gasteiger partial charge < -0.3 is 9.84 Å². The summed E-state index contributed by atoms with van der Waals surface area (Å²) in [4.78, 5) is 10.8. The van der Waals surface area contributed by atoms with E-state index < -0.39 is 29.6 Å². The molecule has 1 atom stereocenters. The van der Waals surface area contributed by atoms with Crippen LogP contribution < -0.4 is 4.74 Å². The molecule has 1 unspecified atom stereocenters. The molecule has 7 heteroatoms. The Morgan fingerprint density at radius 2 is 1.89 bits per heavy atom. The van der Waals surface area contributed by atoms with E-state index in [0.29, 0.717) is 0 Å².